The lowest BCUT2D eigenvalue weighted by Crippen LogP contribution is -2.42. The third-order valence-electron chi connectivity index (χ3n) is 3.20. The summed E-state index contributed by atoms with van der Waals surface area (Å²) in [5, 5.41) is 3.70. The van der Waals surface area contributed by atoms with E-state index >= 15 is 0 Å². The number of nitrogens with one attached hydrogen (secondary N) is 1. The van der Waals surface area contributed by atoms with Gasteiger partial charge in [-0.15, -0.1) is 0 Å². The molecule has 1 rings (SSSR count). The third kappa shape index (κ3) is 5.21. The molecule has 0 spiro atoms. The van der Waals surface area contributed by atoms with Crippen LogP contribution in [0.1, 0.15) is 51.1 Å². The molecule has 0 saturated carbocycles. The van der Waals surface area contributed by atoms with Crippen molar-refractivity contribution in [2.75, 3.05) is 0 Å². The van der Waals surface area contributed by atoms with Crippen molar-refractivity contribution >= 4 is 17.5 Å². The van der Waals surface area contributed by atoms with Gasteiger partial charge in [0.15, 0.2) is 0 Å². The molecule has 1 aromatic carbocycles. The van der Waals surface area contributed by atoms with Crippen LogP contribution in [0.3, 0.4) is 0 Å². The van der Waals surface area contributed by atoms with Gasteiger partial charge in [0.25, 0.3) is 0 Å². The van der Waals surface area contributed by atoms with Crippen LogP contribution in [0.4, 0.5) is 0 Å². The summed E-state index contributed by atoms with van der Waals surface area (Å²) in [4.78, 5) is 12.0. The van der Waals surface area contributed by atoms with Gasteiger partial charge in [0.05, 0.1) is 12.1 Å². The molecule has 0 saturated heterocycles. The number of rotatable bonds is 7. The molecule has 0 aromatic heterocycles. The molecule has 1 amide bonds. The van der Waals surface area contributed by atoms with Crippen LogP contribution in [0, 0.1) is 0 Å². The fraction of sp³-hybridized carbons (Fsp3) is 0.533. The molecule has 0 aliphatic heterocycles. The number of unbranched alkanes of at least 4 members (excludes halogenated alkanes) is 1. The molecule has 1 aromatic rings. The van der Waals surface area contributed by atoms with E-state index in [0.29, 0.717) is 5.02 Å². The Morgan fingerprint density at radius 2 is 1.95 bits per heavy atom. The van der Waals surface area contributed by atoms with E-state index < -0.39 is 6.04 Å². The number of nitrogens with two attached hydrogens (primary N) is 1. The number of carbonyl (C=O) groups excluding carboxylic acids is 1. The normalized spacial score (nSPS) is 13.9. The molecular formula is C15H23ClN2O. The highest BCUT2D eigenvalue weighted by atomic mass is 35.5. The van der Waals surface area contributed by atoms with Crippen molar-refractivity contribution in [3.63, 3.8) is 0 Å². The molecule has 0 aliphatic rings. The third-order valence-corrected chi connectivity index (χ3v) is 3.45. The number of hydrogen-bond donors (Lipinski definition) is 2. The van der Waals surface area contributed by atoms with Crippen LogP contribution in [0.15, 0.2) is 24.3 Å². The van der Waals surface area contributed by atoms with Crippen LogP contribution in [0.25, 0.3) is 0 Å². The van der Waals surface area contributed by atoms with Gasteiger partial charge in [0, 0.05) is 5.02 Å². The van der Waals surface area contributed by atoms with Crippen LogP contribution < -0.4 is 11.1 Å². The van der Waals surface area contributed by atoms with Crippen LogP contribution in [0.5, 0.6) is 0 Å². The van der Waals surface area contributed by atoms with Crippen molar-refractivity contribution in [2.45, 2.75) is 51.6 Å². The molecule has 3 nitrogen and oxygen atoms in total. The van der Waals surface area contributed by atoms with E-state index in [4.69, 9.17) is 17.3 Å². The molecule has 0 aliphatic carbocycles. The second-order valence-corrected chi connectivity index (χ2v) is 5.21. The van der Waals surface area contributed by atoms with Crippen LogP contribution in [-0.2, 0) is 4.79 Å². The number of hydrogen-bond acceptors (Lipinski definition) is 2. The van der Waals surface area contributed by atoms with E-state index in [1.807, 2.05) is 31.2 Å². The fourth-order valence-corrected chi connectivity index (χ4v) is 2.08. The van der Waals surface area contributed by atoms with Gasteiger partial charge in [-0.1, -0.05) is 50.4 Å². The van der Waals surface area contributed by atoms with Crippen molar-refractivity contribution in [1.82, 2.24) is 5.32 Å². The average molecular weight is 283 g/mol. The summed E-state index contributed by atoms with van der Waals surface area (Å²) in [5.74, 6) is -0.0738. The molecule has 0 radical (unpaired) electrons. The molecule has 4 heteroatoms. The molecule has 19 heavy (non-hydrogen) atoms. The summed E-state index contributed by atoms with van der Waals surface area (Å²) in [6.07, 6.45) is 3.59. The van der Waals surface area contributed by atoms with Gasteiger partial charge in [0.2, 0.25) is 5.91 Å². The molecule has 3 N–H and O–H groups in total. The van der Waals surface area contributed by atoms with E-state index in [-0.39, 0.29) is 11.9 Å². The Morgan fingerprint density at radius 1 is 1.32 bits per heavy atom. The number of benzene rings is 1. The van der Waals surface area contributed by atoms with E-state index in [9.17, 15) is 4.79 Å². The highest BCUT2D eigenvalue weighted by molar-refractivity contribution is 6.30. The maximum absolute atomic E-state index is 12.0. The maximum Gasteiger partial charge on any atom is 0.237 e. The standard InChI is InChI=1S/C15H23ClN2O/c1-3-5-6-13(17)15(19)18-14(4-2)11-7-9-12(16)10-8-11/h7-10,13-14H,3-6,17H2,1-2H3,(H,18,19). The quantitative estimate of drug-likeness (QED) is 0.805. The molecule has 2 unspecified atom stereocenters. The molecular weight excluding hydrogens is 260 g/mol. The molecule has 2 atom stereocenters. The summed E-state index contributed by atoms with van der Waals surface area (Å²) in [5.41, 5.74) is 6.93. The second kappa shape index (κ2) is 8.18. The van der Waals surface area contributed by atoms with Crippen molar-refractivity contribution in [3.8, 4) is 0 Å². The Labute approximate surface area is 120 Å². The van der Waals surface area contributed by atoms with Crippen LogP contribution in [-0.4, -0.2) is 11.9 Å². The van der Waals surface area contributed by atoms with E-state index in [0.717, 1.165) is 31.2 Å². The largest absolute Gasteiger partial charge is 0.348 e. The Kier molecular flexibility index (Phi) is 6.89. The molecule has 0 fully saturated rings. The Morgan fingerprint density at radius 3 is 2.47 bits per heavy atom. The van der Waals surface area contributed by atoms with Crippen LogP contribution >= 0.6 is 11.6 Å². The molecule has 106 valence electrons. The van der Waals surface area contributed by atoms with E-state index in [1.165, 1.54) is 0 Å². The smallest absolute Gasteiger partial charge is 0.237 e. The fourth-order valence-electron chi connectivity index (χ4n) is 1.95. The lowest BCUT2D eigenvalue weighted by atomic mass is 10.0. The Hall–Kier alpha value is -1.06. The van der Waals surface area contributed by atoms with Gasteiger partial charge in [0.1, 0.15) is 0 Å². The predicted molar refractivity (Wildman–Crippen MR) is 80.1 cm³/mol. The Bertz CT molecular complexity index is 392. The van der Waals surface area contributed by atoms with Gasteiger partial charge < -0.3 is 11.1 Å². The summed E-state index contributed by atoms with van der Waals surface area (Å²) in [6.45, 7) is 4.13. The maximum atomic E-state index is 12.0. The minimum Gasteiger partial charge on any atom is -0.348 e. The minimum absolute atomic E-state index is 0.00237. The highest BCUT2D eigenvalue weighted by Gasteiger charge is 2.17. The van der Waals surface area contributed by atoms with Gasteiger partial charge in [-0.3, -0.25) is 4.79 Å². The number of carbonyl (C=O) groups is 1. The first-order valence-electron chi connectivity index (χ1n) is 6.89. The zero-order chi connectivity index (χ0) is 14.3. The van der Waals surface area contributed by atoms with Gasteiger partial charge in [-0.2, -0.15) is 0 Å². The first-order valence-corrected chi connectivity index (χ1v) is 7.27. The molecule has 0 bridgehead atoms. The van der Waals surface area contributed by atoms with E-state index in [2.05, 4.69) is 12.2 Å². The minimum atomic E-state index is -0.415. The monoisotopic (exact) mass is 282 g/mol. The van der Waals surface area contributed by atoms with Gasteiger partial charge in [-0.25, -0.2) is 0 Å². The van der Waals surface area contributed by atoms with Gasteiger partial charge >= 0.3 is 0 Å². The summed E-state index contributed by atoms with van der Waals surface area (Å²) in [6, 6.07) is 7.13. The molecule has 0 heterocycles. The van der Waals surface area contributed by atoms with Crippen LogP contribution in [0.2, 0.25) is 5.02 Å². The SMILES string of the molecule is CCCCC(N)C(=O)NC(CC)c1ccc(Cl)cc1. The number of amides is 1. The summed E-state index contributed by atoms with van der Waals surface area (Å²) < 4.78 is 0. The van der Waals surface area contributed by atoms with Gasteiger partial charge in [-0.05, 0) is 30.5 Å². The second-order valence-electron chi connectivity index (χ2n) is 4.77. The zero-order valence-corrected chi connectivity index (χ0v) is 12.4. The first-order chi connectivity index (χ1) is 9.08. The summed E-state index contributed by atoms with van der Waals surface area (Å²) in [7, 11) is 0. The average Bonchev–Trinajstić information content (AvgIpc) is 2.42. The van der Waals surface area contributed by atoms with E-state index in [1.54, 1.807) is 0 Å². The lowest BCUT2D eigenvalue weighted by molar-refractivity contribution is -0.123. The predicted octanol–water partition coefficient (Wildman–Crippen LogP) is 3.42. The first kappa shape index (κ1) is 16.0. The summed E-state index contributed by atoms with van der Waals surface area (Å²) >= 11 is 5.87. The lowest BCUT2D eigenvalue weighted by Gasteiger charge is -2.20. The highest BCUT2D eigenvalue weighted by Crippen LogP contribution is 2.19. The Balaban J connectivity index is 2.61. The topological polar surface area (TPSA) is 55.1 Å². The van der Waals surface area contributed by atoms with Crippen molar-refractivity contribution in [2.24, 2.45) is 5.73 Å². The zero-order valence-electron chi connectivity index (χ0n) is 11.7. The van der Waals surface area contributed by atoms with Crippen molar-refractivity contribution in [3.05, 3.63) is 34.9 Å². The number of halogens is 1. The van der Waals surface area contributed by atoms with Crippen molar-refractivity contribution in [1.29, 1.82) is 0 Å². The van der Waals surface area contributed by atoms with Crippen molar-refractivity contribution < 1.29 is 4.79 Å².